The third-order valence-corrected chi connectivity index (χ3v) is 5.06. The number of alkyl halides is 3. The minimum atomic E-state index is -4.80. The monoisotopic (exact) mass is 484 g/mol. The van der Waals surface area contributed by atoms with E-state index in [2.05, 4.69) is 10.1 Å². The Labute approximate surface area is 190 Å². The van der Waals surface area contributed by atoms with Crippen LogP contribution in [0.15, 0.2) is 35.4 Å². The summed E-state index contributed by atoms with van der Waals surface area (Å²) >= 11 is 0. The molecule has 0 saturated heterocycles. The van der Waals surface area contributed by atoms with Crippen molar-refractivity contribution in [1.82, 2.24) is 19.3 Å². The van der Waals surface area contributed by atoms with Gasteiger partial charge in [-0.25, -0.2) is 13.6 Å². The molecule has 1 N–H and O–H groups in total. The molecule has 0 aliphatic rings. The Kier molecular flexibility index (Phi) is 7.20. The first-order chi connectivity index (χ1) is 16.0. The quantitative estimate of drug-likeness (QED) is 0.509. The molecule has 182 valence electrons. The number of aromatic nitrogens is 4. The van der Waals surface area contributed by atoms with Crippen LogP contribution in [0, 0.1) is 12.7 Å². The molecule has 2 heterocycles. The molecule has 0 aliphatic heterocycles. The molecule has 0 fully saturated rings. The molecule has 12 heteroatoms. The zero-order valence-corrected chi connectivity index (χ0v) is 18.4. The van der Waals surface area contributed by atoms with Gasteiger partial charge in [0.1, 0.15) is 29.7 Å². The van der Waals surface area contributed by atoms with Crippen molar-refractivity contribution in [2.24, 2.45) is 0 Å². The molecule has 7 nitrogen and oxygen atoms in total. The van der Waals surface area contributed by atoms with E-state index in [1.54, 1.807) is 19.9 Å². The van der Waals surface area contributed by atoms with Gasteiger partial charge < -0.3 is 9.84 Å². The maximum Gasteiger partial charge on any atom is 0.425 e. The molecule has 0 spiro atoms. The number of hydrogen-bond donors (Lipinski definition) is 1. The second kappa shape index (κ2) is 9.75. The molecular formula is C22H21F5N4O3. The minimum absolute atomic E-state index is 0.0831. The molecule has 0 saturated carbocycles. The van der Waals surface area contributed by atoms with Crippen molar-refractivity contribution in [2.75, 3.05) is 0 Å². The van der Waals surface area contributed by atoms with Crippen LogP contribution < -0.4 is 10.4 Å². The summed E-state index contributed by atoms with van der Waals surface area (Å²) in [5, 5.41) is 13.2. The van der Waals surface area contributed by atoms with Crippen molar-refractivity contribution in [3.8, 4) is 11.4 Å². The van der Waals surface area contributed by atoms with Gasteiger partial charge in [-0.15, -0.1) is 5.10 Å². The van der Waals surface area contributed by atoms with Crippen molar-refractivity contribution in [3.63, 3.8) is 0 Å². The Bertz CT molecular complexity index is 1280. The zero-order chi connectivity index (χ0) is 25.2. The number of aliphatic hydroxyl groups excluding tert-OH is 1. The van der Waals surface area contributed by atoms with Crippen molar-refractivity contribution < 1.29 is 31.8 Å². The Morgan fingerprint density at radius 2 is 2.03 bits per heavy atom. The second-order valence-electron chi connectivity index (χ2n) is 7.34. The van der Waals surface area contributed by atoms with Gasteiger partial charge in [0, 0.05) is 25.0 Å². The van der Waals surface area contributed by atoms with Crippen LogP contribution in [0.5, 0.6) is 5.75 Å². The number of nitrogens with zero attached hydrogens (tertiary/aromatic N) is 4. The summed E-state index contributed by atoms with van der Waals surface area (Å²) in [7, 11) is 0. The SMILES string of the molecule is CCn1c(CO)nn(-c2cc(O[C@@H](C)C(F)(F)F)c(/C(F)=C/c3cnccc3C)cc2F)c1=O. The number of ether oxygens (including phenoxy) is 1. The van der Waals surface area contributed by atoms with Gasteiger partial charge >= 0.3 is 11.9 Å². The van der Waals surface area contributed by atoms with Gasteiger partial charge in [-0.2, -0.15) is 17.9 Å². The van der Waals surface area contributed by atoms with Gasteiger partial charge in [0.05, 0.1) is 5.56 Å². The minimum Gasteiger partial charge on any atom is -0.480 e. The number of benzene rings is 1. The normalized spacial score (nSPS) is 13.3. The van der Waals surface area contributed by atoms with Crippen LogP contribution in [0.4, 0.5) is 22.0 Å². The van der Waals surface area contributed by atoms with Crippen molar-refractivity contribution in [2.45, 2.75) is 46.2 Å². The van der Waals surface area contributed by atoms with Crippen LogP contribution in [0.25, 0.3) is 17.6 Å². The summed E-state index contributed by atoms with van der Waals surface area (Å²) in [4.78, 5) is 16.5. The van der Waals surface area contributed by atoms with Crippen molar-refractivity contribution >= 4 is 11.9 Å². The van der Waals surface area contributed by atoms with E-state index in [1.165, 1.54) is 12.4 Å². The third kappa shape index (κ3) is 5.01. The lowest BCUT2D eigenvalue weighted by Gasteiger charge is -2.20. The van der Waals surface area contributed by atoms with Gasteiger partial charge in [-0.3, -0.25) is 9.55 Å². The molecule has 0 radical (unpaired) electrons. The zero-order valence-electron chi connectivity index (χ0n) is 18.4. The molecule has 1 aromatic carbocycles. The van der Waals surface area contributed by atoms with Gasteiger partial charge in [-0.1, -0.05) is 0 Å². The van der Waals surface area contributed by atoms with Crippen LogP contribution in [-0.2, 0) is 13.2 Å². The summed E-state index contributed by atoms with van der Waals surface area (Å²) in [6.07, 6.45) is -3.35. The van der Waals surface area contributed by atoms with E-state index in [-0.39, 0.29) is 12.4 Å². The number of aliphatic hydroxyl groups is 1. The number of rotatable bonds is 7. The molecule has 3 rings (SSSR count). The third-order valence-electron chi connectivity index (χ3n) is 5.06. The lowest BCUT2D eigenvalue weighted by molar-refractivity contribution is -0.189. The molecule has 0 unspecified atom stereocenters. The molecule has 0 amide bonds. The van der Waals surface area contributed by atoms with Crippen LogP contribution in [0.1, 0.15) is 36.4 Å². The van der Waals surface area contributed by atoms with Gasteiger partial charge in [0.2, 0.25) is 0 Å². The highest BCUT2D eigenvalue weighted by atomic mass is 19.4. The maximum atomic E-state index is 15.2. The first-order valence-electron chi connectivity index (χ1n) is 10.1. The predicted octanol–water partition coefficient (Wildman–Crippen LogP) is 4.19. The van der Waals surface area contributed by atoms with Gasteiger partial charge in [0.25, 0.3) is 0 Å². The van der Waals surface area contributed by atoms with Crippen LogP contribution in [-0.4, -0.2) is 36.7 Å². The van der Waals surface area contributed by atoms with Crippen LogP contribution in [0.2, 0.25) is 0 Å². The first-order valence-corrected chi connectivity index (χ1v) is 10.1. The van der Waals surface area contributed by atoms with E-state index >= 15 is 8.78 Å². The molecule has 1 atom stereocenters. The average molecular weight is 484 g/mol. The topological polar surface area (TPSA) is 82.2 Å². The van der Waals surface area contributed by atoms with E-state index in [4.69, 9.17) is 4.74 Å². The summed E-state index contributed by atoms with van der Waals surface area (Å²) in [6.45, 7) is 3.44. The van der Waals surface area contributed by atoms with E-state index in [0.717, 1.165) is 16.7 Å². The Hall–Kier alpha value is -3.54. The van der Waals surface area contributed by atoms with Crippen molar-refractivity contribution in [1.29, 1.82) is 0 Å². The van der Waals surface area contributed by atoms with E-state index in [0.29, 0.717) is 28.8 Å². The fourth-order valence-corrected chi connectivity index (χ4v) is 3.12. The summed E-state index contributed by atoms with van der Waals surface area (Å²) in [5.41, 5.74) is -1.04. The summed E-state index contributed by atoms with van der Waals surface area (Å²) in [6, 6.07) is 2.99. The van der Waals surface area contributed by atoms with E-state index < -0.39 is 53.2 Å². The molecule has 2 aromatic heterocycles. The van der Waals surface area contributed by atoms with Gasteiger partial charge in [-0.05, 0) is 50.1 Å². The maximum absolute atomic E-state index is 15.2. The lowest BCUT2D eigenvalue weighted by Crippen LogP contribution is -2.31. The fraction of sp³-hybridized carbons (Fsp3) is 0.318. The molecule has 0 bridgehead atoms. The Morgan fingerprint density at radius 3 is 2.59 bits per heavy atom. The highest BCUT2D eigenvalue weighted by Crippen LogP contribution is 2.35. The van der Waals surface area contributed by atoms with Crippen LogP contribution in [0.3, 0.4) is 0 Å². The number of aryl methyl sites for hydroxylation is 1. The molecule has 3 aromatic rings. The van der Waals surface area contributed by atoms with Gasteiger partial charge in [0.15, 0.2) is 11.9 Å². The largest absolute Gasteiger partial charge is 0.480 e. The highest BCUT2D eigenvalue weighted by molar-refractivity contribution is 5.80. The highest BCUT2D eigenvalue weighted by Gasteiger charge is 2.38. The predicted molar refractivity (Wildman–Crippen MR) is 113 cm³/mol. The standard InChI is InChI=1S/C22H21F5N4O3/c1-4-30-20(11-32)29-31(21(30)33)18-9-19(34-13(3)22(25,26)27)15(8-17(18)24)16(23)7-14-10-28-6-5-12(14)2/h5-10,13,32H,4,11H2,1-3H3/b16-7-/t13-/m0/s1. The summed E-state index contributed by atoms with van der Waals surface area (Å²) < 4.78 is 76.3. The second-order valence-corrected chi connectivity index (χ2v) is 7.34. The first kappa shape index (κ1) is 25.1. The number of hydrogen-bond acceptors (Lipinski definition) is 5. The van der Waals surface area contributed by atoms with E-state index in [1.807, 2.05) is 0 Å². The fourth-order valence-electron chi connectivity index (χ4n) is 3.12. The summed E-state index contributed by atoms with van der Waals surface area (Å²) in [5.74, 6) is -2.95. The van der Waals surface area contributed by atoms with Crippen molar-refractivity contribution in [3.05, 3.63) is 69.4 Å². The molecule has 0 aliphatic carbocycles. The van der Waals surface area contributed by atoms with E-state index in [9.17, 15) is 23.1 Å². The smallest absolute Gasteiger partial charge is 0.425 e. The lowest BCUT2D eigenvalue weighted by atomic mass is 10.1. The Balaban J connectivity index is 2.21. The van der Waals surface area contributed by atoms with Crippen LogP contribution >= 0.6 is 0 Å². The average Bonchev–Trinajstić information content (AvgIpc) is 3.10. The molecular weight excluding hydrogens is 463 g/mol. The number of halogens is 5. The molecule has 34 heavy (non-hydrogen) atoms. The Morgan fingerprint density at radius 1 is 1.32 bits per heavy atom. The number of pyridine rings is 1.